The van der Waals surface area contributed by atoms with E-state index in [-0.39, 0.29) is 5.60 Å². The van der Waals surface area contributed by atoms with Crippen molar-refractivity contribution in [2.24, 2.45) is 5.73 Å². The number of hydrogen-bond donors (Lipinski definition) is 1. The van der Waals surface area contributed by atoms with E-state index in [1.165, 1.54) is 12.8 Å². The summed E-state index contributed by atoms with van der Waals surface area (Å²) in [5.41, 5.74) is 5.65. The summed E-state index contributed by atoms with van der Waals surface area (Å²) in [6, 6.07) is 0. The Hall–Kier alpha value is -0.0800. The second kappa shape index (κ2) is 3.35. The van der Waals surface area contributed by atoms with Gasteiger partial charge in [-0.05, 0) is 32.2 Å². The van der Waals surface area contributed by atoms with E-state index in [1.54, 1.807) is 0 Å². The molecule has 0 aromatic heterocycles. The Labute approximate surface area is 62.7 Å². The molecular weight excluding hydrogens is 126 g/mol. The minimum atomic E-state index is 0.161. The van der Waals surface area contributed by atoms with Gasteiger partial charge in [-0.3, -0.25) is 0 Å². The van der Waals surface area contributed by atoms with Gasteiger partial charge in [0.1, 0.15) is 0 Å². The summed E-state index contributed by atoms with van der Waals surface area (Å²) in [4.78, 5) is 0. The van der Waals surface area contributed by atoms with Crippen LogP contribution in [0.25, 0.3) is 0 Å². The van der Waals surface area contributed by atoms with Crippen LogP contribution in [0.1, 0.15) is 32.6 Å². The van der Waals surface area contributed by atoms with Crippen LogP contribution in [-0.4, -0.2) is 18.8 Å². The second-order valence-electron chi connectivity index (χ2n) is 3.03. The summed E-state index contributed by atoms with van der Waals surface area (Å²) in [5.74, 6) is 0. The van der Waals surface area contributed by atoms with Crippen molar-refractivity contribution in [3.63, 3.8) is 0 Å². The van der Waals surface area contributed by atoms with Gasteiger partial charge in [0.15, 0.2) is 0 Å². The van der Waals surface area contributed by atoms with Crippen molar-refractivity contribution in [2.75, 3.05) is 13.2 Å². The summed E-state index contributed by atoms with van der Waals surface area (Å²) in [5, 5.41) is 0. The molecule has 0 aromatic carbocycles. The van der Waals surface area contributed by atoms with Crippen molar-refractivity contribution in [1.82, 2.24) is 0 Å². The summed E-state index contributed by atoms with van der Waals surface area (Å²) < 4.78 is 5.65. The van der Waals surface area contributed by atoms with E-state index in [0.29, 0.717) is 0 Å². The predicted molar refractivity (Wildman–Crippen MR) is 41.9 cm³/mol. The molecule has 60 valence electrons. The minimum Gasteiger partial charge on any atom is -0.375 e. The second-order valence-corrected chi connectivity index (χ2v) is 3.03. The number of hydrogen-bond acceptors (Lipinski definition) is 2. The molecule has 1 aliphatic heterocycles. The molecular formula is C8H17NO. The molecule has 0 amide bonds. The molecule has 1 fully saturated rings. The van der Waals surface area contributed by atoms with Gasteiger partial charge in [0.25, 0.3) is 0 Å². The molecule has 0 aromatic rings. The maximum Gasteiger partial charge on any atom is 0.0692 e. The van der Waals surface area contributed by atoms with E-state index in [2.05, 4.69) is 6.92 Å². The molecule has 0 aliphatic carbocycles. The molecule has 10 heavy (non-hydrogen) atoms. The molecule has 1 unspecified atom stereocenters. The van der Waals surface area contributed by atoms with Crippen molar-refractivity contribution >= 4 is 0 Å². The van der Waals surface area contributed by atoms with Gasteiger partial charge in [-0.1, -0.05) is 6.92 Å². The zero-order valence-electron chi connectivity index (χ0n) is 6.73. The SMILES string of the molecule is CCC1(CCN)CCCO1. The van der Waals surface area contributed by atoms with Gasteiger partial charge in [-0.2, -0.15) is 0 Å². The van der Waals surface area contributed by atoms with Crippen LogP contribution in [0.4, 0.5) is 0 Å². The lowest BCUT2D eigenvalue weighted by Gasteiger charge is -2.25. The van der Waals surface area contributed by atoms with E-state index in [9.17, 15) is 0 Å². The fraction of sp³-hybridized carbons (Fsp3) is 1.00. The quantitative estimate of drug-likeness (QED) is 0.646. The van der Waals surface area contributed by atoms with Crippen LogP contribution < -0.4 is 5.73 Å². The van der Waals surface area contributed by atoms with Crippen molar-refractivity contribution in [1.29, 1.82) is 0 Å². The van der Waals surface area contributed by atoms with Crippen LogP contribution in [0.2, 0.25) is 0 Å². The topological polar surface area (TPSA) is 35.2 Å². The molecule has 1 rings (SSSR count). The fourth-order valence-corrected chi connectivity index (χ4v) is 1.67. The fourth-order valence-electron chi connectivity index (χ4n) is 1.67. The predicted octanol–water partition coefficient (Wildman–Crippen LogP) is 1.29. The molecule has 2 heteroatoms. The summed E-state index contributed by atoms with van der Waals surface area (Å²) in [6.45, 7) is 3.88. The molecule has 1 aliphatic rings. The third-order valence-corrected chi connectivity index (χ3v) is 2.43. The molecule has 1 heterocycles. The lowest BCUT2D eigenvalue weighted by molar-refractivity contribution is -0.00377. The van der Waals surface area contributed by atoms with Crippen LogP contribution in [0.3, 0.4) is 0 Å². The van der Waals surface area contributed by atoms with Gasteiger partial charge < -0.3 is 10.5 Å². The lowest BCUT2D eigenvalue weighted by atomic mass is 9.93. The van der Waals surface area contributed by atoms with Crippen molar-refractivity contribution in [3.05, 3.63) is 0 Å². The maximum absolute atomic E-state index is 5.65. The largest absolute Gasteiger partial charge is 0.375 e. The number of rotatable bonds is 3. The molecule has 1 atom stereocenters. The van der Waals surface area contributed by atoms with Gasteiger partial charge in [0.2, 0.25) is 0 Å². The molecule has 1 saturated heterocycles. The van der Waals surface area contributed by atoms with Crippen LogP contribution in [0, 0.1) is 0 Å². The van der Waals surface area contributed by atoms with Crippen molar-refractivity contribution in [2.45, 2.75) is 38.2 Å². The van der Waals surface area contributed by atoms with Crippen LogP contribution >= 0.6 is 0 Å². The van der Waals surface area contributed by atoms with E-state index >= 15 is 0 Å². The van der Waals surface area contributed by atoms with Crippen molar-refractivity contribution in [3.8, 4) is 0 Å². The van der Waals surface area contributed by atoms with E-state index in [4.69, 9.17) is 10.5 Å². The molecule has 0 bridgehead atoms. The molecule has 2 nitrogen and oxygen atoms in total. The maximum atomic E-state index is 5.65. The van der Waals surface area contributed by atoms with Crippen molar-refractivity contribution < 1.29 is 4.74 Å². The first kappa shape index (κ1) is 8.02. The van der Waals surface area contributed by atoms with Gasteiger partial charge in [-0.15, -0.1) is 0 Å². The third-order valence-electron chi connectivity index (χ3n) is 2.43. The van der Waals surface area contributed by atoms with Crippen LogP contribution in [0.5, 0.6) is 0 Å². The average Bonchev–Trinajstić information content (AvgIpc) is 2.39. The molecule has 2 N–H and O–H groups in total. The zero-order chi connectivity index (χ0) is 7.45. The zero-order valence-corrected chi connectivity index (χ0v) is 6.73. The first-order valence-electron chi connectivity index (χ1n) is 4.17. The summed E-state index contributed by atoms with van der Waals surface area (Å²) in [6.07, 6.45) is 4.57. The van der Waals surface area contributed by atoms with Crippen LogP contribution in [-0.2, 0) is 4.74 Å². The molecule has 0 saturated carbocycles. The number of ether oxygens (including phenoxy) is 1. The average molecular weight is 143 g/mol. The van der Waals surface area contributed by atoms with E-state index < -0.39 is 0 Å². The summed E-state index contributed by atoms with van der Waals surface area (Å²) in [7, 11) is 0. The van der Waals surface area contributed by atoms with Gasteiger partial charge >= 0.3 is 0 Å². The molecule has 0 spiro atoms. The highest BCUT2D eigenvalue weighted by Gasteiger charge is 2.31. The summed E-state index contributed by atoms with van der Waals surface area (Å²) >= 11 is 0. The Morgan fingerprint density at radius 2 is 2.40 bits per heavy atom. The highest BCUT2D eigenvalue weighted by molar-refractivity contribution is 4.83. The monoisotopic (exact) mass is 143 g/mol. The Balaban J connectivity index is 2.41. The first-order valence-corrected chi connectivity index (χ1v) is 4.17. The first-order chi connectivity index (χ1) is 4.83. The molecule has 0 radical (unpaired) electrons. The van der Waals surface area contributed by atoms with E-state index in [0.717, 1.165) is 26.0 Å². The number of nitrogens with two attached hydrogens (primary N) is 1. The Morgan fingerprint density at radius 1 is 1.60 bits per heavy atom. The Kier molecular flexibility index (Phi) is 2.69. The van der Waals surface area contributed by atoms with Gasteiger partial charge in [0.05, 0.1) is 5.60 Å². The standard InChI is InChI=1S/C8H17NO/c1-2-8(5-6-9)4-3-7-10-8/h2-7,9H2,1H3. The van der Waals surface area contributed by atoms with Gasteiger partial charge in [0, 0.05) is 6.61 Å². The Morgan fingerprint density at radius 3 is 2.80 bits per heavy atom. The normalized spacial score (nSPS) is 33.0. The smallest absolute Gasteiger partial charge is 0.0692 e. The van der Waals surface area contributed by atoms with Gasteiger partial charge in [-0.25, -0.2) is 0 Å². The minimum absolute atomic E-state index is 0.161. The Bertz CT molecular complexity index is 97.4. The lowest BCUT2D eigenvalue weighted by Crippen LogP contribution is -2.29. The van der Waals surface area contributed by atoms with Crippen LogP contribution in [0.15, 0.2) is 0 Å². The van der Waals surface area contributed by atoms with E-state index in [1.807, 2.05) is 0 Å². The highest BCUT2D eigenvalue weighted by Crippen LogP contribution is 2.31. The highest BCUT2D eigenvalue weighted by atomic mass is 16.5. The third kappa shape index (κ3) is 1.50.